The molecule has 1 fully saturated rings. The van der Waals surface area contributed by atoms with Crippen molar-refractivity contribution >= 4 is 22.5 Å². The number of carbonyl (C=O) groups excluding carboxylic acids is 1. The van der Waals surface area contributed by atoms with Crippen molar-refractivity contribution in [2.75, 3.05) is 38.2 Å². The molecule has 0 N–H and O–H groups in total. The van der Waals surface area contributed by atoms with Gasteiger partial charge < -0.3 is 19.1 Å². The smallest absolute Gasteiger partial charge is 0.270 e. The summed E-state index contributed by atoms with van der Waals surface area (Å²) in [5.41, 5.74) is 4.05. The van der Waals surface area contributed by atoms with Crippen LogP contribution < -0.4 is 9.64 Å². The van der Waals surface area contributed by atoms with Gasteiger partial charge in [0.1, 0.15) is 11.4 Å². The Hall–Kier alpha value is -2.95. The van der Waals surface area contributed by atoms with E-state index in [1.165, 1.54) is 0 Å². The number of ether oxygens (including phenoxy) is 1. The first-order valence-corrected chi connectivity index (χ1v) is 9.33. The fourth-order valence-corrected chi connectivity index (χ4v) is 4.08. The van der Waals surface area contributed by atoms with E-state index in [0.29, 0.717) is 13.1 Å². The molecule has 1 amide bonds. The molecular weight excluding hydrogens is 338 g/mol. The van der Waals surface area contributed by atoms with Crippen LogP contribution in [0.25, 0.3) is 10.9 Å². The molecule has 0 saturated carbocycles. The molecule has 1 saturated heterocycles. The number of aryl methyl sites for hydroxylation is 2. The Morgan fingerprint density at radius 2 is 1.63 bits per heavy atom. The first kappa shape index (κ1) is 17.5. The van der Waals surface area contributed by atoms with Gasteiger partial charge in [0.05, 0.1) is 12.8 Å². The van der Waals surface area contributed by atoms with Gasteiger partial charge in [-0.2, -0.15) is 0 Å². The van der Waals surface area contributed by atoms with E-state index in [0.717, 1.165) is 46.7 Å². The number of benzene rings is 2. The number of anilines is 1. The van der Waals surface area contributed by atoms with Crippen LogP contribution >= 0.6 is 0 Å². The van der Waals surface area contributed by atoms with Crippen molar-refractivity contribution in [3.05, 3.63) is 59.8 Å². The Labute approximate surface area is 159 Å². The molecule has 0 aliphatic carbocycles. The molecule has 0 radical (unpaired) electrons. The number of para-hydroxylation sites is 3. The summed E-state index contributed by atoms with van der Waals surface area (Å²) in [5, 5.41) is 1.15. The van der Waals surface area contributed by atoms with Gasteiger partial charge in [0.25, 0.3) is 5.91 Å². The molecule has 5 nitrogen and oxygen atoms in total. The zero-order valence-corrected chi connectivity index (χ0v) is 16.1. The van der Waals surface area contributed by atoms with Crippen LogP contribution in [0.1, 0.15) is 16.1 Å². The highest BCUT2D eigenvalue weighted by Gasteiger charge is 2.27. The van der Waals surface area contributed by atoms with Gasteiger partial charge in [-0.1, -0.05) is 30.3 Å². The quantitative estimate of drug-likeness (QED) is 0.715. The van der Waals surface area contributed by atoms with E-state index in [2.05, 4.69) is 23.1 Å². The highest BCUT2D eigenvalue weighted by atomic mass is 16.5. The lowest BCUT2D eigenvalue weighted by molar-refractivity contribution is 0.0737. The number of hydrogen-bond donors (Lipinski definition) is 0. The van der Waals surface area contributed by atoms with Gasteiger partial charge in [0, 0.05) is 44.1 Å². The molecule has 0 bridgehead atoms. The minimum Gasteiger partial charge on any atom is -0.495 e. The van der Waals surface area contributed by atoms with Gasteiger partial charge in [-0.3, -0.25) is 4.79 Å². The number of fused-ring (bicyclic) bond motifs is 1. The number of amides is 1. The number of methoxy groups -OCH3 is 1. The van der Waals surface area contributed by atoms with Crippen LogP contribution in [0.5, 0.6) is 5.75 Å². The van der Waals surface area contributed by atoms with Crippen LogP contribution in [0, 0.1) is 6.92 Å². The lowest BCUT2D eigenvalue weighted by Gasteiger charge is -2.36. The Balaban J connectivity index is 1.54. The molecule has 27 heavy (non-hydrogen) atoms. The monoisotopic (exact) mass is 363 g/mol. The summed E-state index contributed by atoms with van der Waals surface area (Å²) in [4.78, 5) is 17.5. The standard InChI is InChI=1S/C22H25N3O2/c1-16-17-8-4-5-9-18(17)23(2)21(16)22(26)25-14-12-24(13-15-25)19-10-6-7-11-20(19)27-3/h4-11H,12-15H2,1-3H3. The molecule has 5 heteroatoms. The summed E-state index contributed by atoms with van der Waals surface area (Å²) in [6, 6.07) is 16.2. The van der Waals surface area contributed by atoms with Gasteiger partial charge in [0.2, 0.25) is 0 Å². The Morgan fingerprint density at radius 1 is 0.963 bits per heavy atom. The summed E-state index contributed by atoms with van der Waals surface area (Å²) in [7, 11) is 3.68. The third-order valence-electron chi connectivity index (χ3n) is 5.56. The minimum absolute atomic E-state index is 0.117. The second-order valence-corrected chi connectivity index (χ2v) is 7.00. The van der Waals surface area contributed by atoms with E-state index in [4.69, 9.17) is 4.74 Å². The van der Waals surface area contributed by atoms with Gasteiger partial charge in [-0.25, -0.2) is 0 Å². The highest BCUT2D eigenvalue weighted by Crippen LogP contribution is 2.29. The van der Waals surface area contributed by atoms with Crippen LogP contribution in [-0.4, -0.2) is 48.7 Å². The number of aromatic nitrogens is 1. The normalized spacial score (nSPS) is 14.6. The van der Waals surface area contributed by atoms with Crippen LogP contribution in [0.3, 0.4) is 0 Å². The van der Waals surface area contributed by atoms with Crippen molar-refractivity contribution in [2.45, 2.75) is 6.92 Å². The maximum atomic E-state index is 13.2. The number of hydrogen-bond acceptors (Lipinski definition) is 3. The first-order chi connectivity index (χ1) is 13.1. The maximum absolute atomic E-state index is 13.2. The van der Waals surface area contributed by atoms with Crippen molar-refractivity contribution in [2.24, 2.45) is 7.05 Å². The van der Waals surface area contributed by atoms with Gasteiger partial charge in [-0.15, -0.1) is 0 Å². The second-order valence-electron chi connectivity index (χ2n) is 7.00. The van der Waals surface area contributed by atoms with E-state index < -0.39 is 0 Å². The molecule has 4 rings (SSSR count). The predicted molar refractivity (Wildman–Crippen MR) is 109 cm³/mol. The zero-order chi connectivity index (χ0) is 19.0. The van der Waals surface area contributed by atoms with Crippen LogP contribution in [-0.2, 0) is 7.05 Å². The Kier molecular flexibility index (Phi) is 4.52. The van der Waals surface area contributed by atoms with Crippen LogP contribution in [0.2, 0.25) is 0 Å². The minimum atomic E-state index is 0.117. The SMILES string of the molecule is COc1ccccc1N1CCN(C(=O)c2c(C)c3ccccc3n2C)CC1. The van der Waals surface area contributed by atoms with Crippen molar-refractivity contribution in [3.63, 3.8) is 0 Å². The van der Waals surface area contributed by atoms with Gasteiger partial charge in [-0.05, 0) is 30.7 Å². The molecule has 2 heterocycles. The third kappa shape index (κ3) is 2.93. The molecule has 1 aromatic heterocycles. The largest absolute Gasteiger partial charge is 0.495 e. The highest BCUT2D eigenvalue weighted by molar-refractivity contribution is 6.01. The van der Waals surface area contributed by atoms with E-state index in [-0.39, 0.29) is 5.91 Å². The van der Waals surface area contributed by atoms with Gasteiger partial charge >= 0.3 is 0 Å². The third-order valence-corrected chi connectivity index (χ3v) is 5.56. The van der Waals surface area contributed by atoms with Crippen LogP contribution in [0.4, 0.5) is 5.69 Å². The topological polar surface area (TPSA) is 37.7 Å². The summed E-state index contributed by atoms with van der Waals surface area (Å²) >= 11 is 0. The fraction of sp³-hybridized carbons (Fsp3) is 0.318. The average molecular weight is 363 g/mol. The van der Waals surface area contributed by atoms with E-state index in [1.54, 1.807) is 7.11 Å². The van der Waals surface area contributed by atoms with Gasteiger partial charge in [0.15, 0.2) is 0 Å². The molecule has 140 valence electrons. The maximum Gasteiger partial charge on any atom is 0.270 e. The van der Waals surface area contributed by atoms with Crippen molar-refractivity contribution in [1.82, 2.24) is 9.47 Å². The second kappa shape index (κ2) is 6.99. The summed E-state index contributed by atoms with van der Waals surface area (Å²) in [6.45, 7) is 5.06. The molecule has 0 spiro atoms. The fourth-order valence-electron chi connectivity index (χ4n) is 4.08. The lowest BCUT2D eigenvalue weighted by atomic mass is 10.1. The molecular formula is C22H25N3O2. The average Bonchev–Trinajstić information content (AvgIpc) is 2.98. The Bertz CT molecular complexity index is 945. The van der Waals surface area contributed by atoms with Crippen molar-refractivity contribution in [1.29, 1.82) is 0 Å². The lowest BCUT2D eigenvalue weighted by Crippen LogP contribution is -2.49. The van der Waals surface area contributed by atoms with E-state index in [9.17, 15) is 4.79 Å². The molecule has 2 aromatic carbocycles. The van der Waals surface area contributed by atoms with Crippen LogP contribution in [0.15, 0.2) is 48.5 Å². The number of piperazine rings is 1. The van der Waals surface area contributed by atoms with Crippen molar-refractivity contribution < 1.29 is 9.53 Å². The summed E-state index contributed by atoms with van der Waals surface area (Å²) < 4.78 is 7.51. The zero-order valence-electron chi connectivity index (χ0n) is 16.1. The molecule has 1 aliphatic rings. The number of carbonyl (C=O) groups is 1. The number of rotatable bonds is 3. The summed E-state index contributed by atoms with van der Waals surface area (Å²) in [5.74, 6) is 0.993. The molecule has 1 aliphatic heterocycles. The Morgan fingerprint density at radius 3 is 2.33 bits per heavy atom. The van der Waals surface area contributed by atoms with E-state index >= 15 is 0 Å². The summed E-state index contributed by atoms with van der Waals surface area (Å²) in [6.07, 6.45) is 0. The van der Waals surface area contributed by atoms with Crippen molar-refractivity contribution in [3.8, 4) is 5.75 Å². The predicted octanol–water partition coefficient (Wildman–Crippen LogP) is 3.46. The molecule has 3 aromatic rings. The number of nitrogens with zero attached hydrogens (tertiary/aromatic N) is 3. The molecule has 0 atom stereocenters. The first-order valence-electron chi connectivity index (χ1n) is 9.33. The van der Waals surface area contributed by atoms with E-state index in [1.807, 2.05) is 53.8 Å². The molecule has 0 unspecified atom stereocenters.